The molecule has 0 atom stereocenters. The highest BCUT2D eigenvalue weighted by molar-refractivity contribution is 7.16. The highest BCUT2D eigenvalue weighted by Gasteiger charge is 2.08. The summed E-state index contributed by atoms with van der Waals surface area (Å²) < 4.78 is 2.24. The quantitative estimate of drug-likeness (QED) is 0.917. The third-order valence-electron chi connectivity index (χ3n) is 2.18. The number of carboxylic acid groups (broad SMARTS) is 1. The van der Waals surface area contributed by atoms with E-state index in [0.29, 0.717) is 5.02 Å². The second kappa shape index (κ2) is 4.27. The molecule has 0 spiro atoms. The first-order valence-electron chi connectivity index (χ1n) is 4.58. The van der Waals surface area contributed by atoms with Gasteiger partial charge >= 0.3 is 10.8 Å². The van der Waals surface area contributed by atoms with E-state index in [-0.39, 0.29) is 17.8 Å². The van der Waals surface area contributed by atoms with Crippen molar-refractivity contribution in [3.63, 3.8) is 0 Å². The fourth-order valence-corrected chi connectivity index (χ4v) is 2.65. The minimum absolute atomic E-state index is 0.0611. The van der Waals surface area contributed by atoms with Crippen molar-refractivity contribution in [3.05, 3.63) is 32.9 Å². The number of carboxylic acids is 1. The number of rotatable bonds is 3. The summed E-state index contributed by atoms with van der Waals surface area (Å²) >= 11 is 6.88. The minimum atomic E-state index is -0.916. The first-order chi connectivity index (χ1) is 7.58. The average Bonchev–Trinajstić information content (AvgIpc) is 2.50. The van der Waals surface area contributed by atoms with Gasteiger partial charge in [0.25, 0.3) is 0 Å². The maximum Gasteiger partial charge on any atom is 0.308 e. The number of aromatic nitrogens is 1. The van der Waals surface area contributed by atoms with Crippen molar-refractivity contribution < 1.29 is 9.90 Å². The summed E-state index contributed by atoms with van der Waals surface area (Å²) in [5.41, 5.74) is 0.737. The molecule has 1 heterocycles. The van der Waals surface area contributed by atoms with Gasteiger partial charge in [-0.1, -0.05) is 22.9 Å². The maximum absolute atomic E-state index is 11.6. The summed E-state index contributed by atoms with van der Waals surface area (Å²) in [5, 5.41) is 9.15. The van der Waals surface area contributed by atoms with Crippen LogP contribution in [0.3, 0.4) is 0 Å². The Bertz CT molecular complexity index is 602. The van der Waals surface area contributed by atoms with Gasteiger partial charge < -0.3 is 5.11 Å². The molecule has 4 nitrogen and oxygen atoms in total. The summed E-state index contributed by atoms with van der Waals surface area (Å²) in [6, 6.07) is 5.13. The summed E-state index contributed by atoms with van der Waals surface area (Å²) in [5.74, 6) is -0.916. The van der Waals surface area contributed by atoms with Gasteiger partial charge in [-0.25, -0.2) is 0 Å². The van der Waals surface area contributed by atoms with Gasteiger partial charge in [0.2, 0.25) is 0 Å². The number of aliphatic carboxylic acids is 1. The van der Waals surface area contributed by atoms with E-state index in [4.69, 9.17) is 16.7 Å². The fourth-order valence-electron chi connectivity index (χ4n) is 1.46. The molecular weight excluding hydrogens is 250 g/mol. The third-order valence-corrected chi connectivity index (χ3v) is 3.36. The molecule has 0 unspecified atom stereocenters. The molecule has 0 aliphatic carbocycles. The average molecular weight is 258 g/mol. The van der Waals surface area contributed by atoms with Crippen molar-refractivity contribution in [3.8, 4) is 0 Å². The van der Waals surface area contributed by atoms with Crippen molar-refractivity contribution >= 4 is 39.1 Å². The predicted octanol–water partition coefficient (Wildman–Crippen LogP) is 2.19. The van der Waals surface area contributed by atoms with Crippen LogP contribution in [0.1, 0.15) is 6.42 Å². The normalized spacial score (nSPS) is 10.8. The summed E-state index contributed by atoms with van der Waals surface area (Å²) in [6.07, 6.45) is -0.0611. The number of aryl methyl sites for hydroxylation is 1. The fraction of sp³-hybridized carbons (Fsp3) is 0.200. The Balaban J connectivity index is 2.48. The lowest BCUT2D eigenvalue weighted by Gasteiger charge is -2.00. The van der Waals surface area contributed by atoms with E-state index in [1.165, 1.54) is 4.57 Å². The molecule has 6 heteroatoms. The molecule has 0 radical (unpaired) electrons. The van der Waals surface area contributed by atoms with Crippen molar-refractivity contribution in [1.29, 1.82) is 0 Å². The Labute approximate surface area is 99.7 Å². The second-order valence-corrected chi connectivity index (χ2v) is 4.71. The van der Waals surface area contributed by atoms with Gasteiger partial charge in [0.1, 0.15) is 0 Å². The van der Waals surface area contributed by atoms with Gasteiger partial charge in [0, 0.05) is 11.6 Å². The van der Waals surface area contributed by atoms with Crippen LogP contribution in [0.2, 0.25) is 5.02 Å². The van der Waals surface area contributed by atoms with Crippen LogP contribution in [0.25, 0.3) is 10.2 Å². The molecule has 0 bridgehead atoms. The van der Waals surface area contributed by atoms with Crippen LogP contribution >= 0.6 is 22.9 Å². The molecular formula is C10H8ClNO3S. The largest absolute Gasteiger partial charge is 0.481 e. The smallest absolute Gasteiger partial charge is 0.308 e. The Morgan fingerprint density at radius 2 is 2.25 bits per heavy atom. The van der Waals surface area contributed by atoms with Crippen molar-refractivity contribution in [2.24, 2.45) is 0 Å². The molecule has 2 aromatic rings. The predicted molar refractivity (Wildman–Crippen MR) is 63.3 cm³/mol. The third kappa shape index (κ3) is 2.10. The summed E-state index contributed by atoms with van der Waals surface area (Å²) in [7, 11) is 0. The minimum Gasteiger partial charge on any atom is -0.481 e. The van der Waals surface area contributed by atoms with Gasteiger partial charge in [0.05, 0.1) is 16.6 Å². The molecule has 0 aliphatic heterocycles. The molecule has 0 saturated carbocycles. The Morgan fingerprint density at radius 3 is 2.94 bits per heavy atom. The topological polar surface area (TPSA) is 59.3 Å². The van der Waals surface area contributed by atoms with Crippen LogP contribution in [0.5, 0.6) is 0 Å². The summed E-state index contributed by atoms with van der Waals surface area (Å²) in [6.45, 7) is 0.190. The van der Waals surface area contributed by atoms with E-state index in [0.717, 1.165) is 21.6 Å². The van der Waals surface area contributed by atoms with E-state index in [1.54, 1.807) is 18.2 Å². The molecule has 0 fully saturated rings. The zero-order chi connectivity index (χ0) is 11.7. The van der Waals surface area contributed by atoms with Gasteiger partial charge in [0.15, 0.2) is 0 Å². The molecule has 1 aromatic carbocycles. The van der Waals surface area contributed by atoms with Crippen LogP contribution in [0, 0.1) is 0 Å². The SMILES string of the molecule is O=C(O)CCn1c(=O)sc2cc(Cl)ccc21. The maximum atomic E-state index is 11.6. The van der Waals surface area contributed by atoms with E-state index in [2.05, 4.69) is 0 Å². The first kappa shape index (κ1) is 11.2. The Kier molecular flexibility index (Phi) is 2.98. The van der Waals surface area contributed by atoms with Crippen LogP contribution in [-0.2, 0) is 11.3 Å². The van der Waals surface area contributed by atoms with Crippen LogP contribution in [-0.4, -0.2) is 15.6 Å². The van der Waals surface area contributed by atoms with Crippen LogP contribution in [0.15, 0.2) is 23.0 Å². The highest BCUT2D eigenvalue weighted by atomic mass is 35.5. The van der Waals surface area contributed by atoms with Crippen molar-refractivity contribution in [2.45, 2.75) is 13.0 Å². The van der Waals surface area contributed by atoms with Gasteiger partial charge in [-0.15, -0.1) is 0 Å². The number of benzene rings is 1. The van der Waals surface area contributed by atoms with Crippen molar-refractivity contribution in [2.75, 3.05) is 0 Å². The molecule has 0 saturated heterocycles. The molecule has 16 heavy (non-hydrogen) atoms. The van der Waals surface area contributed by atoms with Gasteiger partial charge in [-0.3, -0.25) is 14.2 Å². The van der Waals surface area contributed by atoms with E-state index >= 15 is 0 Å². The molecule has 84 valence electrons. The number of fused-ring (bicyclic) bond motifs is 1. The monoisotopic (exact) mass is 257 g/mol. The van der Waals surface area contributed by atoms with E-state index in [1.807, 2.05) is 0 Å². The molecule has 2 rings (SSSR count). The number of halogens is 1. The molecule has 0 amide bonds. The van der Waals surface area contributed by atoms with E-state index in [9.17, 15) is 9.59 Å². The van der Waals surface area contributed by atoms with Crippen molar-refractivity contribution in [1.82, 2.24) is 4.57 Å². The zero-order valence-electron chi connectivity index (χ0n) is 8.14. The first-order valence-corrected chi connectivity index (χ1v) is 5.78. The number of nitrogens with zero attached hydrogens (tertiary/aromatic N) is 1. The second-order valence-electron chi connectivity index (χ2n) is 3.28. The lowest BCUT2D eigenvalue weighted by molar-refractivity contribution is -0.137. The number of hydrogen-bond acceptors (Lipinski definition) is 3. The highest BCUT2D eigenvalue weighted by Crippen LogP contribution is 2.21. The standard InChI is InChI=1S/C10H8ClNO3S/c11-6-1-2-7-8(5-6)16-10(15)12(7)4-3-9(13)14/h1-2,5H,3-4H2,(H,13,14). The van der Waals surface area contributed by atoms with Gasteiger partial charge in [-0.2, -0.15) is 0 Å². The van der Waals surface area contributed by atoms with Crippen LogP contribution in [0.4, 0.5) is 0 Å². The number of thiazole rings is 1. The molecule has 1 aromatic heterocycles. The van der Waals surface area contributed by atoms with Gasteiger partial charge in [-0.05, 0) is 18.2 Å². The molecule has 1 N–H and O–H groups in total. The van der Waals surface area contributed by atoms with Crippen LogP contribution < -0.4 is 4.87 Å². The Hall–Kier alpha value is -1.33. The number of carbonyl (C=O) groups is 1. The van der Waals surface area contributed by atoms with E-state index < -0.39 is 5.97 Å². The molecule has 0 aliphatic rings. The zero-order valence-corrected chi connectivity index (χ0v) is 9.72. The Morgan fingerprint density at radius 1 is 1.50 bits per heavy atom. The lowest BCUT2D eigenvalue weighted by Crippen LogP contribution is -2.15. The summed E-state index contributed by atoms with van der Waals surface area (Å²) in [4.78, 5) is 21.9. The lowest BCUT2D eigenvalue weighted by atomic mass is 10.3. The number of hydrogen-bond donors (Lipinski definition) is 1.